The van der Waals surface area contributed by atoms with E-state index < -0.39 is 5.60 Å². The zero-order valence-corrected chi connectivity index (χ0v) is 17.5. The molecule has 0 bridgehead atoms. The van der Waals surface area contributed by atoms with E-state index in [4.69, 9.17) is 4.74 Å². The van der Waals surface area contributed by atoms with Gasteiger partial charge in [0.15, 0.2) is 0 Å². The molecule has 152 valence electrons. The normalized spacial score (nSPS) is 22.6. The average Bonchev–Trinajstić information content (AvgIpc) is 3.21. The molecule has 2 heterocycles. The van der Waals surface area contributed by atoms with Crippen molar-refractivity contribution in [2.45, 2.75) is 51.7 Å². The molecule has 0 aromatic heterocycles. The molecule has 0 N–H and O–H groups in total. The Morgan fingerprint density at radius 2 is 1.93 bits per heavy atom. The highest BCUT2D eigenvalue weighted by atomic mass is 32.2. The number of likely N-dealkylation sites (tertiary alicyclic amines) is 1. The van der Waals surface area contributed by atoms with E-state index in [0.717, 1.165) is 12.0 Å². The van der Waals surface area contributed by atoms with Crippen molar-refractivity contribution < 1.29 is 19.1 Å². The van der Waals surface area contributed by atoms with Gasteiger partial charge >= 0.3 is 6.09 Å². The highest BCUT2D eigenvalue weighted by Crippen LogP contribution is 2.30. The van der Waals surface area contributed by atoms with Crippen LogP contribution in [0.3, 0.4) is 0 Å². The van der Waals surface area contributed by atoms with E-state index in [9.17, 15) is 14.4 Å². The number of imide groups is 1. The highest BCUT2D eigenvalue weighted by molar-refractivity contribution is 8.14. The lowest BCUT2D eigenvalue weighted by molar-refractivity contribution is -0.129. The molecule has 2 atom stereocenters. The first-order valence-electron chi connectivity index (χ1n) is 9.73. The molecule has 1 aromatic rings. The smallest absolute Gasteiger partial charge is 0.410 e. The van der Waals surface area contributed by atoms with Crippen LogP contribution < -0.4 is 0 Å². The van der Waals surface area contributed by atoms with Crippen LogP contribution in [0.4, 0.5) is 9.59 Å². The van der Waals surface area contributed by atoms with Crippen LogP contribution in [0.15, 0.2) is 30.3 Å². The first kappa shape index (κ1) is 20.7. The van der Waals surface area contributed by atoms with Crippen LogP contribution in [0.25, 0.3) is 0 Å². The third kappa shape index (κ3) is 5.28. The zero-order chi connectivity index (χ0) is 20.3. The first-order valence-corrected chi connectivity index (χ1v) is 10.7. The molecule has 28 heavy (non-hydrogen) atoms. The van der Waals surface area contributed by atoms with E-state index in [2.05, 4.69) is 0 Å². The van der Waals surface area contributed by atoms with Gasteiger partial charge in [0.25, 0.3) is 5.24 Å². The quantitative estimate of drug-likeness (QED) is 0.760. The van der Waals surface area contributed by atoms with Gasteiger partial charge in [-0.3, -0.25) is 14.5 Å². The van der Waals surface area contributed by atoms with Crippen molar-refractivity contribution in [1.29, 1.82) is 0 Å². The van der Waals surface area contributed by atoms with Gasteiger partial charge in [-0.15, -0.1) is 0 Å². The van der Waals surface area contributed by atoms with Crippen molar-refractivity contribution >= 4 is 29.0 Å². The summed E-state index contributed by atoms with van der Waals surface area (Å²) in [5.41, 5.74) is 0.590. The Balaban J connectivity index is 1.56. The molecule has 6 nitrogen and oxygen atoms in total. The number of thioether (sulfide) groups is 1. The van der Waals surface area contributed by atoms with Crippen molar-refractivity contribution in [3.05, 3.63) is 35.9 Å². The molecule has 0 saturated carbocycles. The molecule has 2 aliphatic rings. The lowest BCUT2D eigenvalue weighted by Crippen LogP contribution is -2.41. The summed E-state index contributed by atoms with van der Waals surface area (Å²) in [5, 5.41) is -0.159. The summed E-state index contributed by atoms with van der Waals surface area (Å²) in [5.74, 6) is 0.566. The van der Waals surface area contributed by atoms with E-state index in [-0.39, 0.29) is 35.6 Å². The van der Waals surface area contributed by atoms with Gasteiger partial charge in [-0.1, -0.05) is 42.1 Å². The van der Waals surface area contributed by atoms with Gasteiger partial charge in [-0.05, 0) is 45.1 Å². The molecule has 3 rings (SSSR count). The molecule has 2 aliphatic heterocycles. The fraction of sp³-hybridized carbons (Fsp3) is 0.571. The van der Waals surface area contributed by atoms with Crippen molar-refractivity contribution in [2.24, 2.45) is 5.92 Å². The molecule has 3 amide bonds. The van der Waals surface area contributed by atoms with Gasteiger partial charge < -0.3 is 9.64 Å². The summed E-state index contributed by atoms with van der Waals surface area (Å²) in [6.45, 7) is 6.60. The molecule has 0 unspecified atom stereocenters. The average molecular weight is 405 g/mol. The third-order valence-corrected chi connectivity index (χ3v) is 5.94. The van der Waals surface area contributed by atoms with E-state index in [1.807, 2.05) is 51.1 Å². The maximum Gasteiger partial charge on any atom is 0.410 e. The fourth-order valence-corrected chi connectivity index (χ4v) is 4.63. The Labute approximate surface area is 170 Å². The summed E-state index contributed by atoms with van der Waals surface area (Å²) < 4.78 is 5.41. The van der Waals surface area contributed by atoms with Gasteiger partial charge in [-0.2, -0.15) is 0 Å². The second-order valence-electron chi connectivity index (χ2n) is 8.47. The molecule has 2 fully saturated rings. The molecular weight excluding hydrogens is 376 g/mol. The van der Waals surface area contributed by atoms with E-state index in [0.29, 0.717) is 25.3 Å². The summed E-state index contributed by atoms with van der Waals surface area (Å²) in [6.07, 6.45) is 1.39. The minimum atomic E-state index is -0.533. The highest BCUT2D eigenvalue weighted by Gasteiger charge is 2.39. The Bertz CT molecular complexity index is 732. The molecule has 0 aliphatic carbocycles. The zero-order valence-electron chi connectivity index (χ0n) is 16.7. The second kappa shape index (κ2) is 8.55. The van der Waals surface area contributed by atoms with Gasteiger partial charge in [0.2, 0.25) is 5.91 Å². The number of hydrogen-bond donors (Lipinski definition) is 0. The maximum absolute atomic E-state index is 12.9. The molecular formula is C21H28N2O4S. The second-order valence-corrected chi connectivity index (χ2v) is 9.44. The number of carbonyl (C=O) groups is 3. The summed E-state index contributed by atoms with van der Waals surface area (Å²) >= 11 is 1.21. The Morgan fingerprint density at radius 1 is 1.21 bits per heavy atom. The molecule has 7 heteroatoms. The van der Waals surface area contributed by atoms with Crippen molar-refractivity contribution in [2.75, 3.05) is 18.8 Å². The van der Waals surface area contributed by atoms with Gasteiger partial charge in [0, 0.05) is 25.3 Å². The number of benzene rings is 1. The lowest BCUT2D eigenvalue weighted by atomic mass is 10.0. The number of amides is 3. The van der Waals surface area contributed by atoms with Crippen LogP contribution in [0, 0.1) is 5.92 Å². The van der Waals surface area contributed by atoms with Crippen LogP contribution in [-0.2, 0) is 16.0 Å². The number of carbonyl (C=O) groups excluding carboxylic acids is 3. The summed E-state index contributed by atoms with van der Waals surface area (Å²) in [7, 11) is 0. The minimum Gasteiger partial charge on any atom is -0.444 e. The van der Waals surface area contributed by atoms with E-state index >= 15 is 0 Å². The summed E-state index contributed by atoms with van der Waals surface area (Å²) in [4.78, 5) is 40.5. The molecule has 0 spiro atoms. The van der Waals surface area contributed by atoms with Crippen LogP contribution >= 0.6 is 11.8 Å². The topological polar surface area (TPSA) is 66.9 Å². The lowest BCUT2D eigenvalue weighted by Gasteiger charge is -2.25. The predicted molar refractivity (Wildman–Crippen MR) is 109 cm³/mol. The Kier molecular flexibility index (Phi) is 6.33. The molecule has 0 radical (unpaired) electrons. The van der Waals surface area contributed by atoms with Crippen molar-refractivity contribution in [1.82, 2.24) is 9.80 Å². The summed E-state index contributed by atoms with van der Waals surface area (Å²) in [6, 6.07) is 9.83. The van der Waals surface area contributed by atoms with Crippen LogP contribution in [0.2, 0.25) is 0 Å². The SMILES string of the molecule is CC(C)(C)OC(=O)N1CC[C@H](CC(=O)N2C(=O)SC[C@@H]2Cc2ccccc2)C1. The van der Waals surface area contributed by atoms with E-state index in [1.165, 1.54) is 16.7 Å². The number of ether oxygens (including phenoxy) is 1. The largest absolute Gasteiger partial charge is 0.444 e. The molecule has 2 saturated heterocycles. The number of rotatable bonds is 4. The minimum absolute atomic E-state index is 0.0655. The Hall–Kier alpha value is -2.02. The third-order valence-electron chi connectivity index (χ3n) is 4.94. The van der Waals surface area contributed by atoms with Crippen molar-refractivity contribution in [3.63, 3.8) is 0 Å². The fourth-order valence-electron chi connectivity index (χ4n) is 3.64. The first-order chi connectivity index (χ1) is 13.2. The van der Waals surface area contributed by atoms with Gasteiger partial charge in [-0.25, -0.2) is 4.79 Å². The molecule has 1 aromatic carbocycles. The van der Waals surface area contributed by atoms with Crippen LogP contribution in [0.1, 0.15) is 39.2 Å². The van der Waals surface area contributed by atoms with Gasteiger partial charge in [0.1, 0.15) is 5.60 Å². The van der Waals surface area contributed by atoms with Crippen LogP contribution in [0.5, 0.6) is 0 Å². The van der Waals surface area contributed by atoms with Crippen LogP contribution in [-0.4, -0.2) is 57.5 Å². The number of hydrogen-bond acceptors (Lipinski definition) is 5. The van der Waals surface area contributed by atoms with E-state index in [1.54, 1.807) is 4.90 Å². The predicted octanol–water partition coefficient (Wildman–Crippen LogP) is 3.94. The monoisotopic (exact) mass is 404 g/mol. The standard InChI is InChI=1S/C21H28N2O4S/c1-21(2,3)27-19(25)22-10-9-16(13-22)12-18(24)23-17(14-28-20(23)26)11-15-7-5-4-6-8-15/h4-8,16-17H,9-14H2,1-3H3/t16-,17+/m1/s1. The van der Waals surface area contributed by atoms with Crippen molar-refractivity contribution in [3.8, 4) is 0 Å². The Morgan fingerprint density at radius 3 is 2.61 bits per heavy atom. The number of nitrogens with zero attached hydrogens (tertiary/aromatic N) is 2. The maximum atomic E-state index is 12.9. The van der Waals surface area contributed by atoms with Gasteiger partial charge in [0.05, 0.1) is 6.04 Å².